The first-order valence-electron chi connectivity index (χ1n) is 5.25. The number of aromatic nitrogens is 1. The van der Waals surface area contributed by atoms with E-state index in [1.165, 1.54) is 38.5 Å². The van der Waals surface area contributed by atoms with Gasteiger partial charge in [0, 0.05) is 12.4 Å². The van der Waals surface area contributed by atoms with Gasteiger partial charge in [0.25, 0.3) is 0 Å². The lowest BCUT2D eigenvalue weighted by Gasteiger charge is -2.16. The first-order chi connectivity index (χ1) is 6.45. The average Bonchev–Trinajstić information content (AvgIpc) is 2.49. The van der Waals surface area contributed by atoms with E-state index in [0.29, 0.717) is 6.10 Å². The third-order valence-electron chi connectivity index (χ3n) is 2.65. The van der Waals surface area contributed by atoms with E-state index in [1.54, 1.807) is 0 Å². The minimum atomic E-state index is 0.440. The molecule has 0 aromatic carbocycles. The van der Waals surface area contributed by atoms with Gasteiger partial charge in [0.15, 0.2) is 0 Å². The minimum Gasteiger partial charge on any atom is -0.411 e. The van der Waals surface area contributed by atoms with E-state index in [4.69, 9.17) is 4.84 Å². The Hall–Kier alpha value is -0.920. The van der Waals surface area contributed by atoms with Gasteiger partial charge in [-0.3, -0.25) is 0 Å². The molecule has 1 fully saturated rings. The Morgan fingerprint density at radius 2 is 1.54 bits per heavy atom. The van der Waals surface area contributed by atoms with Crippen LogP contribution in [0, 0.1) is 0 Å². The second-order valence-electron chi connectivity index (χ2n) is 3.76. The number of rotatable bonds is 2. The van der Waals surface area contributed by atoms with Crippen LogP contribution in [0.25, 0.3) is 0 Å². The molecule has 0 N–H and O–H groups in total. The van der Waals surface area contributed by atoms with Gasteiger partial charge in [0.05, 0.1) is 0 Å². The maximum atomic E-state index is 5.79. The van der Waals surface area contributed by atoms with Crippen LogP contribution in [0.5, 0.6) is 0 Å². The van der Waals surface area contributed by atoms with E-state index in [0.717, 1.165) is 0 Å². The second kappa shape index (κ2) is 4.35. The fourth-order valence-electron chi connectivity index (χ4n) is 1.91. The summed E-state index contributed by atoms with van der Waals surface area (Å²) in [5.41, 5.74) is 0. The molecule has 13 heavy (non-hydrogen) atoms. The van der Waals surface area contributed by atoms with Crippen LogP contribution in [0.3, 0.4) is 0 Å². The maximum Gasteiger partial charge on any atom is 0.125 e. The zero-order chi connectivity index (χ0) is 8.93. The summed E-state index contributed by atoms with van der Waals surface area (Å²) in [6.07, 6.45) is 12.2. The normalized spacial score (nSPS) is 19.7. The van der Waals surface area contributed by atoms with Crippen molar-refractivity contribution in [3.8, 4) is 0 Å². The van der Waals surface area contributed by atoms with Crippen LogP contribution in [-0.4, -0.2) is 10.8 Å². The molecule has 0 radical (unpaired) electrons. The van der Waals surface area contributed by atoms with Crippen molar-refractivity contribution in [2.24, 2.45) is 0 Å². The van der Waals surface area contributed by atoms with E-state index in [1.807, 2.05) is 29.3 Å². The highest BCUT2D eigenvalue weighted by atomic mass is 16.7. The van der Waals surface area contributed by atoms with Gasteiger partial charge in [-0.15, -0.1) is 0 Å². The quantitative estimate of drug-likeness (QED) is 0.637. The first kappa shape index (κ1) is 8.67. The van der Waals surface area contributed by atoms with Crippen LogP contribution < -0.4 is 4.84 Å². The third kappa shape index (κ3) is 2.51. The average molecular weight is 179 g/mol. The molecule has 0 atom stereocenters. The van der Waals surface area contributed by atoms with Crippen LogP contribution >= 0.6 is 0 Å². The summed E-state index contributed by atoms with van der Waals surface area (Å²) in [4.78, 5) is 5.79. The Balaban J connectivity index is 1.86. The third-order valence-corrected chi connectivity index (χ3v) is 2.65. The summed E-state index contributed by atoms with van der Waals surface area (Å²) in [5.74, 6) is 0. The summed E-state index contributed by atoms with van der Waals surface area (Å²) in [7, 11) is 0. The monoisotopic (exact) mass is 179 g/mol. The summed E-state index contributed by atoms with van der Waals surface area (Å²) < 4.78 is 1.83. The summed E-state index contributed by atoms with van der Waals surface area (Å²) in [5, 5.41) is 0. The Kier molecular flexibility index (Phi) is 2.90. The molecule has 1 saturated carbocycles. The predicted molar refractivity (Wildman–Crippen MR) is 52.5 cm³/mol. The maximum absolute atomic E-state index is 5.79. The zero-order valence-corrected chi connectivity index (χ0v) is 7.98. The van der Waals surface area contributed by atoms with Crippen molar-refractivity contribution in [1.29, 1.82) is 0 Å². The topological polar surface area (TPSA) is 14.2 Å². The molecule has 0 saturated heterocycles. The van der Waals surface area contributed by atoms with Crippen molar-refractivity contribution in [1.82, 2.24) is 4.73 Å². The number of hydrogen-bond donors (Lipinski definition) is 0. The standard InChI is InChI=1S/C11H17NO/c1-2-4-8-11(7-3-1)13-12-9-5-6-10-12/h5-6,9-11H,1-4,7-8H2. The van der Waals surface area contributed by atoms with E-state index >= 15 is 0 Å². The van der Waals surface area contributed by atoms with E-state index in [9.17, 15) is 0 Å². The van der Waals surface area contributed by atoms with Crippen molar-refractivity contribution in [2.75, 3.05) is 0 Å². The highest BCUT2D eigenvalue weighted by molar-refractivity contribution is 4.88. The summed E-state index contributed by atoms with van der Waals surface area (Å²) in [6.45, 7) is 0. The molecule has 1 aliphatic carbocycles. The molecule has 72 valence electrons. The van der Waals surface area contributed by atoms with Crippen LogP contribution in [0.4, 0.5) is 0 Å². The number of nitrogens with zero attached hydrogens (tertiary/aromatic N) is 1. The molecule has 1 heterocycles. The lowest BCUT2D eigenvalue weighted by molar-refractivity contribution is 0.0285. The van der Waals surface area contributed by atoms with Crippen LogP contribution in [-0.2, 0) is 0 Å². The summed E-state index contributed by atoms with van der Waals surface area (Å²) >= 11 is 0. The molecule has 1 aromatic heterocycles. The smallest absolute Gasteiger partial charge is 0.125 e. The highest BCUT2D eigenvalue weighted by Gasteiger charge is 2.13. The Morgan fingerprint density at radius 3 is 2.15 bits per heavy atom. The van der Waals surface area contributed by atoms with Crippen molar-refractivity contribution >= 4 is 0 Å². The van der Waals surface area contributed by atoms with Gasteiger partial charge in [-0.25, -0.2) is 0 Å². The molecule has 1 aromatic rings. The molecule has 0 unspecified atom stereocenters. The fourth-order valence-corrected chi connectivity index (χ4v) is 1.91. The van der Waals surface area contributed by atoms with Crippen molar-refractivity contribution in [3.05, 3.63) is 24.5 Å². The molecule has 0 amide bonds. The highest BCUT2D eigenvalue weighted by Crippen LogP contribution is 2.18. The molecule has 0 aliphatic heterocycles. The fraction of sp³-hybridized carbons (Fsp3) is 0.636. The molecular weight excluding hydrogens is 162 g/mol. The molecule has 2 nitrogen and oxygen atoms in total. The van der Waals surface area contributed by atoms with Gasteiger partial charge in [0.1, 0.15) is 6.10 Å². The van der Waals surface area contributed by atoms with Gasteiger partial charge >= 0.3 is 0 Å². The molecule has 0 spiro atoms. The lowest BCUT2D eigenvalue weighted by atomic mass is 10.2. The minimum absolute atomic E-state index is 0.440. The second-order valence-corrected chi connectivity index (χ2v) is 3.76. The molecule has 0 bridgehead atoms. The van der Waals surface area contributed by atoms with Gasteiger partial charge < -0.3 is 4.84 Å². The van der Waals surface area contributed by atoms with Crippen LogP contribution in [0.2, 0.25) is 0 Å². The predicted octanol–water partition coefficient (Wildman–Crippen LogP) is 2.64. The van der Waals surface area contributed by atoms with Crippen molar-refractivity contribution in [2.45, 2.75) is 44.6 Å². The Labute approximate surface area is 79.5 Å². The zero-order valence-electron chi connectivity index (χ0n) is 7.98. The Morgan fingerprint density at radius 1 is 0.923 bits per heavy atom. The molecular formula is C11H17NO. The van der Waals surface area contributed by atoms with Gasteiger partial charge in [-0.1, -0.05) is 12.8 Å². The summed E-state index contributed by atoms with van der Waals surface area (Å²) in [6, 6.07) is 3.99. The molecule has 1 aliphatic rings. The SMILES string of the molecule is c1ccn(OC2CCCCCC2)c1. The lowest BCUT2D eigenvalue weighted by Crippen LogP contribution is -2.23. The van der Waals surface area contributed by atoms with E-state index in [2.05, 4.69) is 0 Å². The largest absolute Gasteiger partial charge is 0.411 e. The van der Waals surface area contributed by atoms with Crippen LogP contribution in [0.15, 0.2) is 24.5 Å². The van der Waals surface area contributed by atoms with E-state index in [-0.39, 0.29) is 0 Å². The van der Waals surface area contributed by atoms with Crippen LogP contribution in [0.1, 0.15) is 38.5 Å². The molecule has 2 heteroatoms. The number of hydrogen-bond acceptors (Lipinski definition) is 1. The van der Waals surface area contributed by atoms with Crippen molar-refractivity contribution < 1.29 is 4.84 Å². The Bertz CT molecular complexity index is 222. The van der Waals surface area contributed by atoms with Crippen molar-refractivity contribution in [3.63, 3.8) is 0 Å². The molecule has 2 rings (SSSR count). The van der Waals surface area contributed by atoms with E-state index < -0.39 is 0 Å². The van der Waals surface area contributed by atoms with Gasteiger partial charge in [0.2, 0.25) is 0 Å². The van der Waals surface area contributed by atoms with Gasteiger partial charge in [-0.2, -0.15) is 4.73 Å². The van der Waals surface area contributed by atoms with Gasteiger partial charge in [-0.05, 0) is 37.8 Å². The first-order valence-corrected chi connectivity index (χ1v) is 5.25.